The monoisotopic (exact) mass is 532 g/mol. The first-order valence-electron chi connectivity index (χ1n) is 9.02. The van der Waals surface area contributed by atoms with Gasteiger partial charge in [-0.25, -0.2) is 9.97 Å². The second-order valence-electron chi connectivity index (χ2n) is 6.02. The quantitative estimate of drug-likeness (QED) is 0.253. The molecule has 13 heteroatoms. The van der Waals surface area contributed by atoms with Gasteiger partial charge in [-0.2, -0.15) is 0 Å². The van der Waals surface area contributed by atoms with Gasteiger partial charge in [0.1, 0.15) is 16.0 Å². The third-order valence-corrected chi connectivity index (χ3v) is 5.08. The highest BCUT2D eigenvalue weighted by Crippen LogP contribution is 2.19. The predicted molar refractivity (Wildman–Crippen MR) is 140 cm³/mol. The van der Waals surface area contributed by atoms with E-state index in [0.717, 1.165) is 29.1 Å². The van der Waals surface area contributed by atoms with Gasteiger partial charge in [-0.15, -0.1) is 0 Å². The van der Waals surface area contributed by atoms with Crippen molar-refractivity contribution in [2.24, 2.45) is 0 Å². The zero-order valence-corrected chi connectivity index (χ0v) is 19.9. The molecule has 0 saturated heterocycles. The predicted octanol–water partition coefficient (Wildman–Crippen LogP) is 5.19. The van der Waals surface area contributed by atoms with Crippen molar-refractivity contribution in [2.75, 3.05) is 20.4 Å². The summed E-state index contributed by atoms with van der Waals surface area (Å²) in [5.41, 5.74) is 2.81. The third kappa shape index (κ3) is 12.4. The Kier molecular flexibility index (Phi) is 17.2. The molecule has 0 amide bonds. The van der Waals surface area contributed by atoms with E-state index in [1.54, 1.807) is 57.0 Å². The van der Waals surface area contributed by atoms with Gasteiger partial charge in [-0.1, -0.05) is 61.9 Å². The summed E-state index contributed by atoms with van der Waals surface area (Å²) in [6, 6.07) is 6.89. The standard InChI is InChI=1S/C10H12ClN3O2S.C9H10ClN3O2.2CH4/c1-12-8(10(17-2)14(15)16)5-7-3-4-9(11)13-6-7;1-11-8(6-13(14)15)4-7-2-3-9(10)12-5-7;;/h3-4,6,12H,5H2,1-2H3;2-3,5-6,11H,4H2,1H3;2*1H4/b10-8+;8-6-;;. The van der Waals surface area contributed by atoms with Crippen LogP contribution in [0.4, 0.5) is 0 Å². The van der Waals surface area contributed by atoms with Crippen molar-refractivity contribution in [2.45, 2.75) is 27.7 Å². The lowest BCUT2D eigenvalue weighted by atomic mass is 10.2. The lowest BCUT2D eigenvalue weighted by Gasteiger charge is -2.07. The van der Waals surface area contributed by atoms with Gasteiger partial charge in [0, 0.05) is 39.3 Å². The highest BCUT2D eigenvalue weighted by Gasteiger charge is 2.16. The van der Waals surface area contributed by atoms with Gasteiger partial charge in [0.15, 0.2) is 0 Å². The maximum Gasteiger partial charge on any atom is 0.321 e. The molecule has 0 bridgehead atoms. The van der Waals surface area contributed by atoms with Crippen LogP contribution in [-0.4, -0.2) is 40.2 Å². The summed E-state index contributed by atoms with van der Waals surface area (Å²) in [5, 5.41) is 27.6. The lowest BCUT2D eigenvalue weighted by molar-refractivity contribution is -0.411. The van der Waals surface area contributed by atoms with Crippen LogP contribution in [0, 0.1) is 20.2 Å². The number of allylic oxidation sites excluding steroid dienone is 2. The fourth-order valence-electron chi connectivity index (χ4n) is 2.35. The van der Waals surface area contributed by atoms with E-state index in [1.807, 2.05) is 0 Å². The summed E-state index contributed by atoms with van der Waals surface area (Å²) in [7, 11) is 3.30. The van der Waals surface area contributed by atoms with Gasteiger partial charge in [0.25, 0.3) is 6.20 Å². The maximum atomic E-state index is 10.8. The highest BCUT2D eigenvalue weighted by molar-refractivity contribution is 8.02. The van der Waals surface area contributed by atoms with E-state index < -0.39 is 4.92 Å². The average molecular weight is 533 g/mol. The third-order valence-electron chi connectivity index (χ3n) is 3.85. The van der Waals surface area contributed by atoms with Gasteiger partial charge in [-0.05, 0) is 29.5 Å². The highest BCUT2D eigenvalue weighted by atomic mass is 35.5. The van der Waals surface area contributed by atoms with Crippen molar-refractivity contribution in [3.05, 3.63) is 101 Å². The minimum atomic E-state index is -0.491. The van der Waals surface area contributed by atoms with Crippen LogP contribution < -0.4 is 10.6 Å². The zero-order valence-electron chi connectivity index (χ0n) is 17.5. The van der Waals surface area contributed by atoms with E-state index in [0.29, 0.717) is 34.5 Å². The van der Waals surface area contributed by atoms with Crippen molar-refractivity contribution in [1.82, 2.24) is 20.6 Å². The fraction of sp³-hybridized carbons (Fsp3) is 0.333. The van der Waals surface area contributed by atoms with Crippen LogP contribution >= 0.6 is 35.0 Å². The lowest BCUT2D eigenvalue weighted by Crippen LogP contribution is -2.14. The molecule has 2 aromatic heterocycles. The molecular weight excluding hydrogens is 503 g/mol. The summed E-state index contributed by atoms with van der Waals surface area (Å²) in [6.45, 7) is 0. The van der Waals surface area contributed by atoms with Crippen LogP contribution in [0.2, 0.25) is 10.3 Å². The zero-order chi connectivity index (χ0) is 24.1. The number of pyridine rings is 2. The molecule has 0 aromatic carbocycles. The summed E-state index contributed by atoms with van der Waals surface area (Å²) < 4.78 is 0. The normalized spacial score (nSPS) is 10.9. The van der Waals surface area contributed by atoms with E-state index in [2.05, 4.69) is 20.6 Å². The molecule has 2 heterocycles. The first-order valence-corrected chi connectivity index (χ1v) is 11.0. The number of aromatic nitrogens is 2. The Bertz CT molecular complexity index is 970. The molecular formula is C21H30Cl2N6O4S. The summed E-state index contributed by atoms with van der Waals surface area (Å²) >= 11 is 12.4. The SMILES string of the molecule is C.C.CN/C(=C\[N+](=O)[O-])Cc1ccc(Cl)nc1.CN/C(Cc1ccc(Cl)nc1)=C(/SC)[N+](=O)[O-]. The van der Waals surface area contributed by atoms with Gasteiger partial charge in [0.2, 0.25) is 0 Å². The Hall–Kier alpha value is -2.89. The first-order chi connectivity index (χ1) is 15.2. The molecule has 10 nitrogen and oxygen atoms in total. The molecule has 0 fully saturated rings. The first kappa shape index (κ1) is 33.3. The number of rotatable bonds is 9. The number of nitro groups is 2. The fourth-order valence-corrected chi connectivity index (χ4v) is 3.14. The van der Waals surface area contributed by atoms with E-state index >= 15 is 0 Å². The largest absolute Gasteiger partial charge is 0.386 e. The molecule has 0 atom stereocenters. The molecule has 0 aliphatic rings. The van der Waals surface area contributed by atoms with Crippen molar-refractivity contribution in [3.63, 3.8) is 0 Å². The Morgan fingerprint density at radius 1 is 0.971 bits per heavy atom. The Balaban J connectivity index is 0. The van der Waals surface area contributed by atoms with Crippen LogP contribution in [0.1, 0.15) is 26.0 Å². The van der Waals surface area contributed by atoms with Gasteiger partial charge < -0.3 is 10.6 Å². The number of nitrogens with one attached hydrogen (secondary N) is 2. The number of halogens is 2. The van der Waals surface area contributed by atoms with Gasteiger partial charge in [0.05, 0.1) is 15.5 Å². The molecule has 0 spiro atoms. The Labute approximate surface area is 214 Å². The molecule has 0 saturated carbocycles. The Morgan fingerprint density at radius 3 is 1.79 bits per heavy atom. The van der Waals surface area contributed by atoms with Gasteiger partial charge in [-0.3, -0.25) is 20.2 Å². The summed E-state index contributed by atoms with van der Waals surface area (Å²) in [4.78, 5) is 28.0. The van der Waals surface area contributed by atoms with Gasteiger partial charge >= 0.3 is 5.03 Å². The Morgan fingerprint density at radius 2 is 1.47 bits per heavy atom. The number of likely N-dealkylation sites (N-methyl/N-ethyl adjacent to an activating group) is 2. The summed E-state index contributed by atoms with van der Waals surface area (Å²) in [5.74, 6) is 0. The van der Waals surface area contributed by atoms with Crippen molar-refractivity contribution >= 4 is 35.0 Å². The number of hydrogen-bond donors (Lipinski definition) is 2. The molecule has 188 valence electrons. The van der Waals surface area contributed by atoms with Crippen LogP contribution in [0.3, 0.4) is 0 Å². The van der Waals surface area contributed by atoms with Crippen LogP contribution in [0.25, 0.3) is 0 Å². The van der Waals surface area contributed by atoms with Crippen LogP contribution in [-0.2, 0) is 12.8 Å². The molecule has 2 aromatic rings. The van der Waals surface area contributed by atoms with Crippen molar-refractivity contribution < 1.29 is 9.85 Å². The molecule has 2 N–H and O–H groups in total. The summed E-state index contributed by atoms with van der Waals surface area (Å²) in [6.07, 6.45) is 6.68. The van der Waals surface area contributed by atoms with E-state index in [-0.39, 0.29) is 24.8 Å². The molecule has 0 radical (unpaired) electrons. The minimum absolute atomic E-state index is 0. The maximum absolute atomic E-state index is 10.8. The molecule has 2 rings (SSSR count). The number of hydrogen-bond acceptors (Lipinski definition) is 9. The molecule has 0 unspecified atom stereocenters. The van der Waals surface area contributed by atoms with Crippen molar-refractivity contribution in [3.8, 4) is 0 Å². The number of nitrogens with zero attached hydrogens (tertiary/aromatic N) is 4. The number of thioether (sulfide) groups is 1. The minimum Gasteiger partial charge on any atom is -0.386 e. The average Bonchev–Trinajstić information content (AvgIpc) is 2.76. The molecule has 0 aliphatic heterocycles. The second-order valence-corrected chi connectivity index (χ2v) is 7.59. The molecule has 34 heavy (non-hydrogen) atoms. The topological polar surface area (TPSA) is 136 Å². The second kappa shape index (κ2) is 17.6. The van der Waals surface area contributed by atoms with Crippen LogP contribution in [0.5, 0.6) is 0 Å². The van der Waals surface area contributed by atoms with Crippen molar-refractivity contribution in [1.29, 1.82) is 0 Å². The van der Waals surface area contributed by atoms with Crippen LogP contribution in [0.15, 0.2) is 59.3 Å². The molecule has 0 aliphatic carbocycles. The smallest absolute Gasteiger partial charge is 0.321 e. The van der Waals surface area contributed by atoms with E-state index in [4.69, 9.17) is 23.2 Å². The van der Waals surface area contributed by atoms with E-state index in [1.165, 1.54) is 0 Å². The van der Waals surface area contributed by atoms with E-state index in [9.17, 15) is 20.2 Å².